The highest BCUT2D eigenvalue weighted by atomic mass is 127. The predicted octanol–water partition coefficient (Wildman–Crippen LogP) is 13.0. The lowest BCUT2D eigenvalue weighted by atomic mass is 9.82. The van der Waals surface area contributed by atoms with Crippen LogP contribution in [0.15, 0.2) is 97.1 Å². The summed E-state index contributed by atoms with van der Waals surface area (Å²) >= 11 is 4.35. The predicted molar refractivity (Wildman–Crippen MR) is 313 cm³/mol. The van der Waals surface area contributed by atoms with Gasteiger partial charge in [-0.3, -0.25) is 0 Å². The number of hydrogen-bond acceptors (Lipinski definition) is 15. The third kappa shape index (κ3) is 20.9. The van der Waals surface area contributed by atoms with E-state index in [0.29, 0.717) is 52.6 Å². The Morgan fingerprint density at radius 2 is 0.628 bits per heavy atom. The summed E-state index contributed by atoms with van der Waals surface area (Å²) in [6, 6.07) is 29.5. The quantitative estimate of drug-likeness (QED) is 0.0311. The third-order valence-electron chi connectivity index (χ3n) is 10.2. The van der Waals surface area contributed by atoms with Crippen LogP contribution in [0.3, 0.4) is 0 Å². The van der Waals surface area contributed by atoms with Gasteiger partial charge in [0.1, 0.15) is 56.8 Å². The van der Waals surface area contributed by atoms with Gasteiger partial charge in [0.05, 0.1) is 7.14 Å². The van der Waals surface area contributed by atoms with E-state index in [-0.39, 0.29) is 19.8 Å². The molecule has 17 heteroatoms. The molecule has 0 aliphatic heterocycles. The van der Waals surface area contributed by atoms with E-state index in [2.05, 4.69) is 45.2 Å². The van der Waals surface area contributed by atoms with Crippen LogP contribution < -0.4 is 23.7 Å². The van der Waals surface area contributed by atoms with Gasteiger partial charge in [-0.25, -0.2) is 24.0 Å². The summed E-state index contributed by atoms with van der Waals surface area (Å²) in [6.45, 7) is 24.9. The van der Waals surface area contributed by atoms with E-state index in [1.807, 2.05) is 60.7 Å². The molecule has 0 aliphatic carbocycles. The smallest absolute Gasteiger partial charge is 0.344 e. The van der Waals surface area contributed by atoms with Crippen LogP contribution in [-0.2, 0) is 47.7 Å². The molecule has 0 radical (unpaired) electrons. The van der Waals surface area contributed by atoms with E-state index in [9.17, 15) is 24.0 Å². The summed E-state index contributed by atoms with van der Waals surface area (Å²) in [6.07, 6.45) is 0. The summed E-state index contributed by atoms with van der Waals surface area (Å²) in [7, 11) is 0. The topological polar surface area (TPSA) is 178 Å². The molecular weight excluding hydrogens is 1230 g/mol. The van der Waals surface area contributed by atoms with Gasteiger partial charge < -0.3 is 47.4 Å². The van der Waals surface area contributed by atoms with Gasteiger partial charge in [0.2, 0.25) is 0 Å². The number of ether oxygens (including phenoxy) is 10. The van der Waals surface area contributed by atoms with Gasteiger partial charge in [0.25, 0.3) is 0 Å². The minimum Gasteiger partial charge on any atom is -0.482 e. The third-order valence-corrected chi connectivity index (χ3v) is 11.8. The second-order valence-corrected chi connectivity index (χ2v) is 25.5. The molecule has 0 spiro atoms. The largest absolute Gasteiger partial charge is 0.482 e. The van der Waals surface area contributed by atoms with Crippen LogP contribution in [0.25, 0.3) is 22.3 Å². The summed E-state index contributed by atoms with van der Waals surface area (Å²) in [5.74, 6) is -1.49. The van der Waals surface area contributed by atoms with Crippen molar-refractivity contribution in [2.24, 2.45) is 0 Å². The molecule has 0 heterocycles. The molecule has 5 aromatic carbocycles. The molecule has 15 nitrogen and oxygen atoms in total. The zero-order valence-electron chi connectivity index (χ0n) is 47.2. The molecule has 420 valence electrons. The van der Waals surface area contributed by atoms with Gasteiger partial charge in [-0.05, 0) is 238 Å². The summed E-state index contributed by atoms with van der Waals surface area (Å²) in [5, 5.41) is 0. The van der Waals surface area contributed by atoms with Crippen molar-refractivity contribution in [2.45, 2.75) is 138 Å². The highest BCUT2D eigenvalue weighted by Crippen LogP contribution is 2.46. The molecule has 0 N–H and O–H groups in total. The lowest BCUT2D eigenvalue weighted by molar-refractivity contribution is -0.158. The molecule has 0 unspecified atom stereocenters. The maximum absolute atomic E-state index is 13.4. The van der Waals surface area contributed by atoms with Crippen LogP contribution in [-0.4, -0.2) is 90.9 Å². The van der Waals surface area contributed by atoms with E-state index < -0.39 is 77.0 Å². The molecule has 5 aromatic rings. The first-order valence-corrected chi connectivity index (χ1v) is 27.5. The van der Waals surface area contributed by atoms with Gasteiger partial charge in [-0.2, -0.15) is 0 Å². The molecular formula is C61H72I2O15. The van der Waals surface area contributed by atoms with Crippen molar-refractivity contribution in [1.29, 1.82) is 0 Å². The van der Waals surface area contributed by atoms with Crippen LogP contribution in [0.1, 0.15) is 126 Å². The Morgan fingerprint density at radius 3 is 0.923 bits per heavy atom. The minimum atomic E-state index is -0.790. The molecule has 5 rings (SSSR count). The molecule has 0 amide bonds. The van der Waals surface area contributed by atoms with Crippen molar-refractivity contribution >= 4 is 75.0 Å². The summed E-state index contributed by atoms with van der Waals surface area (Å²) < 4.78 is 59.7. The van der Waals surface area contributed by atoms with E-state index in [1.165, 1.54) is 0 Å². The number of carbonyl (C=O) groups is 5. The fourth-order valence-electron chi connectivity index (χ4n) is 7.61. The molecule has 0 fully saturated rings. The van der Waals surface area contributed by atoms with Crippen molar-refractivity contribution in [3.63, 3.8) is 0 Å². The Bertz CT molecular complexity index is 2730. The second-order valence-electron chi connectivity index (χ2n) is 23.2. The Labute approximate surface area is 485 Å². The fraction of sp³-hybridized carbons (Fsp3) is 0.426. The molecule has 0 saturated carbocycles. The molecule has 78 heavy (non-hydrogen) atoms. The minimum absolute atomic E-state index is 0.280. The SMILES string of the molecule is CC(C)(C)OC(=O)COc1ccc(-c2ccc(OCC(=O)OC(C)(C)C)c(C(c3cc(I)c(OCC(=O)OC(C)(C)C)c(I)c3)c3cc(-c4ccc(OCC(=O)OC(C)(C)C)cc4)ccc3OCC(=O)OC(C)(C)C)c2)cc1. The van der Waals surface area contributed by atoms with Crippen LogP contribution in [0.2, 0.25) is 0 Å². The van der Waals surface area contributed by atoms with Crippen LogP contribution in [0.5, 0.6) is 28.7 Å². The molecule has 0 aromatic heterocycles. The monoisotopic (exact) mass is 1300 g/mol. The van der Waals surface area contributed by atoms with Gasteiger partial charge in [0, 0.05) is 17.0 Å². The number of carbonyl (C=O) groups excluding carboxylic acids is 5. The fourth-order valence-corrected chi connectivity index (χ4v) is 9.74. The number of halogens is 2. The number of benzene rings is 5. The maximum Gasteiger partial charge on any atom is 0.344 e. The zero-order chi connectivity index (χ0) is 58.0. The highest BCUT2D eigenvalue weighted by Gasteiger charge is 2.30. The van der Waals surface area contributed by atoms with E-state index in [1.54, 1.807) is 140 Å². The maximum atomic E-state index is 13.4. The van der Waals surface area contributed by atoms with Gasteiger partial charge in [0.15, 0.2) is 33.0 Å². The molecule has 0 aliphatic rings. The van der Waals surface area contributed by atoms with Crippen molar-refractivity contribution in [1.82, 2.24) is 0 Å². The Hall–Kier alpha value is -6.09. The lowest BCUT2D eigenvalue weighted by Crippen LogP contribution is -2.28. The standard InChI is InChI=1S/C61H72I2O15/c1-57(2,3)74-50(64)32-69-42-22-16-37(17-23-42)39-20-26-48(71-34-52(66)76-59(7,8)9)44(28-39)55(41-30-46(62)56(47(63)31-41)73-36-54(68)78-61(13,14)15)45-29-40(21-27-49(45)72-35-53(67)77-60(10,11)12)38-18-24-43(25-19-38)70-33-51(65)75-58(4,5)6/h16-31,55H,32-36H2,1-15H3. The molecule has 0 saturated heterocycles. The Kier molecular flexibility index (Phi) is 21.1. The van der Waals surface area contributed by atoms with Crippen molar-refractivity contribution in [2.75, 3.05) is 33.0 Å². The van der Waals surface area contributed by atoms with Crippen LogP contribution in [0.4, 0.5) is 0 Å². The zero-order valence-corrected chi connectivity index (χ0v) is 51.5. The Balaban J connectivity index is 1.74. The van der Waals surface area contributed by atoms with Gasteiger partial charge in [-0.1, -0.05) is 36.4 Å². The normalized spacial score (nSPS) is 12.0. The van der Waals surface area contributed by atoms with Crippen LogP contribution >= 0.6 is 45.2 Å². The van der Waals surface area contributed by atoms with Crippen molar-refractivity contribution < 1.29 is 71.3 Å². The van der Waals surface area contributed by atoms with Crippen molar-refractivity contribution in [3.8, 4) is 51.0 Å². The average Bonchev–Trinajstić information content (AvgIpc) is 3.30. The number of rotatable bonds is 20. The second kappa shape index (κ2) is 26.2. The lowest BCUT2D eigenvalue weighted by Gasteiger charge is -2.27. The Morgan fingerprint density at radius 1 is 0.359 bits per heavy atom. The van der Waals surface area contributed by atoms with Gasteiger partial charge >= 0.3 is 29.8 Å². The first kappa shape index (κ1) is 62.7. The van der Waals surface area contributed by atoms with E-state index >= 15 is 0 Å². The average molecular weight is 1300 g/mol. The molecule has 0 atom stereocenters. The van der Waals surface area contributed by atoms with E-state index in [0.717, 1.165) is 22.3 Å². The number of esters is 5. The van der Waals surface area contributed by atoms with Gasteiger partial charge in [-0.15, -0.1) is 0 Å². The first-order valence-electron chi connectivity index (χ1n) is 25.3. The summed E-state index contributed by atoms with van der Waals surface area (Å²) in [4.78, 5) is 64.6. The summed E-state index contributed by atoms with van der Waals surface area (Å²) in [5.41, 5.74) is 1.28. The van der Waals surface area contributed by atoms with Crippen LogP contribution in [0, 0.1) is 7.14 Å². The first-order chi connectivity index (χ1) is 36.1. The molecule has 0 bridgehead atoms. The number of hydrogen-bond donors (Lipinski definition) is 0. The highest BCUT2D eigenvalue weighted by molar-refractivity contribution is 14.1. The van der Waals surface area contributed by atoms with E-state index in [4.69, 9.17) is 47.4 Å². The van der Waals surface area contributed by atoms with Crippen molar-refractivity contribution in [3.05, 3.63) is 121 Å².